The second kappa shape index (κ2) is 3.35. The molecule has 0 saturated carbocycles. The van der Waals surface area contributed by atoms with Gasteiger partial charge in [-0.05, 0) is 38.9 Å². The van der Waals surface area contributed by atoms with Gasteiger partial charge >= 0.3 is 0 Å². The van der Waals surface area contributed by atoms with Crippen molar-refractivity contribution in [3.8, 4) is 0 Å². The van der Waals surface area contributed by atoms with Gasteiger partial charge in [0.25, 0.3) is 0 Å². The Morgan fingerprint density at radius 2 is 1.67 bits per heavy atom. The molecule has 0 aromatic heterocycles. The van der Waals surface area contributed by atoms with Crippen LogP contribution in [0.2, 0.25) is 0 Å². The van der Waals surface area contributed by atoms with Gasteiger partial charge in [0.15, 0.2) is 0 Å². The molecule has 2 heterocycles. The Bertz CT molecular complexity index is 144. The summed E-state index contributed by atoms with van der Waals surface area (Å²) in [4.78, 5) is 5.11. The van der Waals surface area contributed by atoms with Crippen LogP contribution in [0, 0.1) is 5.92 Å². The molecule has 0 bridgehead atoms. The van der Waals surface area contributed by atoms with E-state index in [1.165, 1.54) is 39.0 Å². The van der Waals surface area contributed by atoms with Gasteiger partial charge in [0.1, 0.15) is 0 Å². The van der Waals surface area contributed by atoms with Crippen molar-refractivity contribution in [2.24, 2.45) is 5.92 Å². The zero-order valence-electron chi connectivity index (χ0n) is 8.29. The van der Waals surface area contributed by atoms with Crippen LogP contribution in [0.15, 0.2) is 0 Å². The van der Waals surface area contributed by atoms with Gasteiger partial charge in [-0.3, -0.25) is 4.90 Å². The number of hydrogen-bond acceptors (Lipinski definition) is 2. The third kappa shape index (κ3) is 1.64. The summed E-state index contributed by atoms with van der Waals surface area (Å²) in [5.41, 5.74) is 0. The average molecular weight is 168 g/mol. The molecule has 12 heavy (non-hydrogen) atoms. The predicted molar refractivity (Wildman–Crippen MR) is 51.3 cm³/mol. The van der Waals surface area contributed by atoms with E-state index in [1.807, 2.05) is 0 Å². The maximum Gasteiger partial charge on any atom is 0.0120 e. The largest absolute Gasteiger partial charge is 0.306 e. The Morgan fingerprint density at radius 3 is 2.17 bits per heavy atom. The maximum atomic E-state index is 2.66. The molecule has 0 aromatic rings. The Hall–Kier alpha value is -0.0800. The maximum absolute atomic E-state index is 2.66. The molecule has 0 aromatic carbocycles. The van der Waals surface area contributed by atoms with Crippen LogP contribution in [-0.2, 0) is 0 Å². The van der Waals surface area contributed by atoms with Gasteiger partial charge in [0.05, 0.1) is 0 Å². The highest BCUT2D eigenvalue weighted by Crippen LogP contribution is 2.23. The number of hydrogen-bond donors (Lipinski definition) is 0. The third-order valence-corrected chi connectivity index (χ3v) is 3.30. The third-order valence-electron chi connectivity index (χ3n) is 3.30. The smallest absolute Gasteiger partial charge is 0.0120 e. The lowest BCUT2D eigenvalue weighted by Crippen LogP contribution is -2.53. The molecule has 2 heteroatoms. The summed E-state index contributed by atoms with van der Waals surface area (Å²) in [6.45, 7) is 7.67. The number of likely N-dealkylation sites (tertiary alicyclic amines) is 2. The lowest BCUT2D eigenvalue weighted by Gasteiger charge is -2.45. The molecule has 2 rings (SSSR count). The Labute approximate surface area is 75.5 Å². The highest BCUT2D eigenvalue weighted by molar-refractivity contribution is 4.86. The van der Waals surface area contributed by atoms with Crippen molar-refractivity contribution in [3.05, 3.63) is 0 Å². The number of piperidine rings is 1. The molecular formula is C10H20N2. The van der Waals surface area contributed by atoms with Crippen LogP contribution in [0.3, 0.4) is 0 Å². The van der Waals surface area contributed by atoms with E-state index in [0.29, 0.717) is 0 Å². The summed E-state index contributed by atoms with van der Waals surface area (Å²) in [6, 6.07) is 0.914. The Morgan fingerprint density at radius 1 is 1.08 bits per heavy atom. The molecule has 0 aliphatic carbocycles. The van der Waals surface area contributed by atoms with E-state index in [1.54, 1.807) is 0 Å². The van der Waals surface area contributed by atoms with Crippen molar-refractivity contribution in [2.45, 2.75) is 25.8 Å². The summed E-state index contributed by atoms with van der Waals surface area (Å²) in [5, 5.41) is 0. The minimum absolute atomic E-state index is 0.914. The van der Waals surface area contributed by atoms with Gasteiger partial charge in [-0.25, -0.2) is 0 Å². The van der Waals surface area contributed by atoms with Crippen LogP contribution >= 0.6 is 0 Å². The molecule has 2 nitrogen and oxygen atoms in total. The normalized spacial score (nSPS) is 30.5. The molecule has 2 aliphatic rings. The summed E-state index contributed by atoms with van der Waals surface area (Å²) < 4.78 is 0. The fraction of sp³-hybridized carbons (Fsp3) is 1.00. The molecule has 70 valence electrons. The first-order chi connectivity index (χ1) is 5.75. The molecule has 2 saturated heterocycles. The summed E-state index contributed by atoms with van der Waals surface area (Å²) in [5.74, 6) is 0.963. The summed E-state index contributed by atoms with van der Waals surface area (Å²) in [7, 11) is 2.23. The fourth-order valence-corrected chi connectivity index (χ4v) is 2.41. The van der Waals surface area contributed by atoms with E-state index < -0.39 is 0 Å². The summed E-state index contributed by atoms with van der Waals surface area (Å²) >= 11 is 0. The van der Waals surface area contributed by atoms with Crippen molar-refractivity contribution in [3.63, 3.8) is 0 Å². The fourth-order valence-electron chi connectivity index (χ4n) is 2.41. The molecule has 0 N–H and O–H groups in total. The first-order valence-corrected chi connectivity index (χ1v) is 5.18. The molecular weight excluding hydrogens is 148 g/mol. The van der Waals surface area contributed by atoms with E-state index in [2.05, 4.69) is 23.8 Å². The molecule has 0 atom stereocenters. The SMILES string of the molecule is CC1CN(C2CCN(C)CC2)C1. The topological polar surface area (TPSA) is 6.48 Å². The van der Waals surface area contributed by atoms with E-state index in [9.17, 15) is 0 Å². The van der Waals surface area contributed by atoms with Crippen molar-refractivity contribution in [1.29, 1.82) is 0 Å². The predicted octanol–water partition coefficient (Wildman–Crippen LogP) is 1.03. The van der Waals surface area contributed by atoms with Gasteiger partial charge in [-0.15, -0.1) is 0 Å². The van der Waals surface area contributed by atoms with Crippen LogP contribution in [-0.4, -0.2) is 49.1 Å². The van der Waals surface area contributed by atoms with Crippen molar-refractivity contribution >= 4 is 0 Å². The number of nitrogens with zero attached hydrogens (tertiary/aromatic N) is 2. The van der Waals surface area contributed by atoms with Crippen molar-refractivity contribution in [2.75, 3.05) is 33.2 Å². The zero-order valence-corrected chi connectivity index (χ0v) is 8.29. The summed E-state index contributed by atoms with van der Waals surface area (Å²) in [6.07, 6.45) is 2.78. The Balaban J connectivity index is 1.75. The van der Waals surface area contributed by atoms with Gasteiger partial charge < -0.3 is 4.90 Å². The van der Waals surface area contributed by atoms with E-state index >= 15 is 0 Å². The molecule has 0 radical (unpaired) electrons. The molecule has 2 fully saturated rings. The van der Waals surface area contributed by atoms with Gasteiger partial charge in [-0.2, -0.15) is 0 Å². The monoisotopic (exact) mass is 168 g/mol. The van der Waals surface area contributed by atoms with Gasteiger partial charge in [0, 0.05) is 19.1 Å². The van der Waals surface area contributed by atoms with Crippen LogP contribution in [0.5, 0.6) is 0 Å². The second-order valence-electron chi connectivity index (χ2n) is 4.59. The van der Waals surface area contributed by atoms with Crippen LogP contribution in [0.4, 0.5) is 0 Å². The highest BCUT2D eigenvalue weighted by atomic mass is 15.2. The highest BCUT2D eigenvalue weighted by Gasteiger charge is 2.30. The van der Waals surface area contributed by atoms with E-state index in [0.717, 1.165) is 12.0 Å². The lowest BCUT2D eigenvalue weighted by molar-refractivity contribution is 0.0310. The molecule has 0 spiro atoms. The van der Waals surface area contributed by atoms with Gasteiger partial charge in [0.2, 0.25) is 0 Å². The van der Waals surface area contributed by atoms with Crippen molar-refractivity contribution < 1.29 is 0 Å². The molecule has 0 amide bonds. The molecule has 0 unspecified atom stereocenters. The Kier molecular flexibility index (Phi) is 2.37. The second-order valence-corrected chi connectivity index (χ2v) is 4.59. The van der Waals surface area contributed by atoms with E-state index in [4.69, 9.17) is 0 Å². The molecule has 2 aliphatic heterocycles. The number of rotatable bonds is 1. The first kappa shape index (κ1) is 8.52. The van der Waals surface area contributed by atoms with Crippen LogP contribution < -0.4 is 0 Å². The minimum atomic E-state index is 0.914. The van der Waals surface area contributed by atoms with Crippen LogP contribution in [0.25, 0.3) is 0 Å². The van der Waals surface area contributed by atoms with Crippen LogP contribution in [0.1, 0.15) is 19.8 Å². The standard InChI is InChI=1S/C10H20N2/c1-9-7-12(8-9)10-3-5-11(2)6-4-10/h9-10H,3-8H2,1-2H3. The lowest BCUT2D eigenvalue weighted by atomic mass is 9.95. The quantitative estimate of drug-likeness (QED) is 0.577. The first-order valence-electron chi connectivity index (χ1n) is 5.18. The van der Waals surface area contributed by atoms with E-state index in [-0.39, 0.29) is 0 Å². The van der Waals surface area contributed by atoms with Crippen molar-refractivity contribution in [1.82, 2.24) is 9.80 Å². The average Bonchev–Trinajstić information content (AvgIpc) is 2.01. The minimum Gasteiger partial charge on any atom is -0.306 e. The van der Waals surface area contributed by atoms with Gasteiger partial charge in [-0.1, -0.05) is 6.92 Å². The zero-order chi connectivity index (χ0) is 8.55.